The molecule has 3 rings (SSSR count). The van der Waals surface area contributed by atoms with E-state index in [4.69, 9.17) is 4.74 Å². The highest BCUT2D eigenvalue weighted by Crippen LogP contribution is 2.28. The average Bonchev–Trinajstić information content (AvgIpc) is 3.15. The van der Waals surface area contributed by atoms with Crippen molar-refractivity contribution in [1.29, 1.82) is 0 Å². The summed E-state index contributed by atoms with van der Waals surface area (Å²) in [5.74, 6) is 1.19. The van der Waals surface area contributed by atoms with Crippen LogP contribution in [0.5, 0.6) is 5.75 Å². The molecule has 1 amide bonds. The Bertz CT molecular complexity index is 911. The maximum absolute atomic E-state index is 12.4. The summed E-state index contributed by atoms with van der Waals surface area (Å²) in [6.07, 6.45) is 0. The molecular weight excluding hydrogens is 392 g/mol. The van der Waals surface area contributed by atoms with Crippen molar-refractivity contribution in [2.45, 2.75) is 17.8 Å². The van der Waals surface area contributed by atoms with E-state index in [1.807, 2.05) is 43.4 Å². The Morgan fingerprint density at radius 3 is 2.54 bits per heavy atom. The molecule has 3 aromatic rings. The van der Waals surface area contributed by atoms with Crippen molar-refractivity contribution >= 4 is 39.8 Å². The van der Waals surface area contributed by atoms with E-state index in [0.29, 0.717) is 17.4 Å². The van der Waals surface area contributed by atoms with E-state index < -0.39 is 0 Å². The number of aryl methyl sites for hydroxylation is 1. The van der Waals surface area contributed by atoms with Crippen LogP contribution in [0.15, 0.2) is 52.9 Å². The zero-order valence-corrected chi connectivity index (χ0v) is 17.6. The summed E-state index contributed by atoms with van der Waals surface area (Å²) in [6, 6.07) is 15.8. The monoisotopic (exact) mass is 414 g/mol. The molecule has 0 saturated heterocycles. The molecule has 0 aliphatic rings. The number of rotatable bonds is 8. The fourth-order valence-electron chi connectivity index (χ4n) is 2.41. The first-order valence-electron chi connectivity index (χ1n) is 8.70. The van der Waals surface area contributed by atoms with Gasteiger partial charge in [-0.05, 0) is 36.8 Å². The number of nitrogens with zero attached hydrogens (tertiary/aromatic N) is 3. The van der Waals surface area contributed by atoms with Crippen LogP contribution in [-0.2, 0) is 11.3 Å². The van der Waals surface area contributed by atoms with Crippen LogP contribution in [-0.4, -0.2) is 40.9 Å². The second kappa shape index (κ2) is 9.57. The van der Waals surface area contributed by atoms with Crippen molar-refractivity contribution < 1.29 is 9.53 Å². The molecule has 0 bridgehead atoms. The average molecular weight is 415 g/mol. The topological polar surface area (TPSA) is 67.3 Å². The molecule has 0 unspecified atom stereocenters. The highest BCUT2D eigenvalue weighted by Gasteiger charge is 2.12. The number of hydrogen-bond acceptors (Lipinski definition) is 7. The number of carbonyl (C=O) groups excluding carboxylic acids is 1. The lowest BCUT2D eigenvalue weighted by Gasteiger charge is -2.16. The second-order valence-corrected chi connectivity index (χ2v) is 8.45. The Balaban J connectivity index is 1.48. The molecule has 6 nitrogen and oxygen atoms in total. The molecule has 1 aromatic heterocycles. The van der Waals surface area contributed by atoms with Gasteiger partial charge in [-0.15, -0.1) is 10.2 Å². The van der Waals surface area contributed by atoms with Gasteiger partial charge in [0.1, 0.15) is 5.75 Å². The molecule has 0 spiro atoms. The third-order valence-corrected chi connectivity index (χ3v) is 5.99. The molecule has 1 heterocycles. The summed E-state index contributed by atoms with van der Waals surface area (Å²) in [6.45, 7) is 2.65. The van der Waals surface area contributed by atoms with Crippen LogP contribution in [0.4, 0.5) is 10.8 Å². The standard InChI is InChI=1S/C20H22N4O2S2/c1-14-4-6-15(7-5-14)12-24(2)18(25)13-27-20-23-22-19(28-20)21-16-8-10-17(26-3)11-9-16/h4-11H,12-13H2,1-3H3,(H,21,22). The number of methoxy groups -OCH3 is 1. The third-order valence-electron chi connectivity index (χ3n) is 4.03. The summed E-state index contributed by atoms with van der Waals surface area (Å²) >= 11 is 2.83. The number of aromatic nitrogens is 2. The van der Waals surface area contributed by atoms with Crippen LogP contribution < -0.4 is 10.1 Å². The zero-order chi connectivity index (χ0) is 19.9. The Hall–Kier alpha value is -2.58. The van der Waals surface area contributed by atoms with E-state index >= 15 is 0 Å². The van der Waals surface area contributed by atoms with Crippen LogP contribution in [0, 0.1) is 6.92 Å². The highest BCUT2D eigenvalue weighted by atomic mass is 32.2. The first-order chi connectivity index (χ1) is 13.5. The molecule has 0 fully saturated rings. The van der Waals surface area contributed by atoms with Crippen molar-refractivity contribution in [1.82, 2.24) is 15.1 Å². The number of amides is 1. The Morgan fingerprint density at radius 2 is 1.86 bits per heavy atom. The number of carbonyl (C=O) groups is 1. The normalized spacial score (nSPS) is 10.5. The number of nitrogens with one attached hydrogen (secondary N) is 1. The van der Waals surface area contributed by atoms with Crippen molar-refractivity contribution in [3.63, 3.8) is 0 Å². The number of anilines is 2. The van der Waals surface area contributed by atoms with E-state index in [1.54, 1.807) is 12.0 Å². The minimum absolute atomic E-state index is 0.0606. The van der Waals surface area contributed by atoms with Gasteiger partial charge in [-0.3, -0.25) is 4.79 Å². The Labute approximate surface area is 172 Å². The molecule has 1 N–H and O–H groups in total. The molecule has 28 heavy (non-hydrogen) atoms. The molecule has 8 heteroatoms. The van der Waals surface area contributed by atoms with Gasteiger partial charge in [-0.2, -0.15) is 0 Å². The van der Waals surface area contributed by atoms with Gasteiger partial charge < -0.3 is 15.0 Å². The SMILES string of the molecule is COc1ccc(Nc2nnc(SCC(=O)N(C)Cc3ccc(C)cc3)s2)cc1. The molecule has 146 valence electrons. The van der Waals surface area contributed by atoms with Crippen LogP contribution >= 0.6 is 23.1 Å². The van der Waals surface area contributed by atoms with Crippen LogP contribution in [0.25, 0.3) is 0 Å². The molecule has 0 atom stereocenters. The number of thioether (sulfide) groups is 1. The first-order valence-corrected chi connectivity index (χ1v) is 10.5. The van der Waals surface area contributed by atoms with Crippen molar-refractivity contribution in [3.8, 4) is 5.75 Å². The second-order valence-electron chi connectivity index (χ2n) is 6.25. The Morgan fingerprint density at radius 1 is 1.14 bits per heavy atom. The molecular formula is C20H22N4O2S2. The van der Waals surface area contributed by atoms with E-state index in [0.717, 1.165) is 21.3 Å². The molecule has 0 saturated carbocycles. The van der Waals surface area contributed by atoms with Gasteiger partial charge in [-0.1, -0.05) is 52.9 Å². The number of benzene rings is 2. The summed E-state index contributed by atoms with van der Waals surface area (Å²) < 4.78 is 5.90. The van der Waals surface area contributed by atoms with Crippen molar-refractivity contribution in [3.05, 3.63) is 59.7 Å². The minimum Gasteiger partial charge on any atom is -0.497 e. The highest BCUT2D eigenvalue weighted by molar-refractivity contribution is 8.01. The van der Waals surface area contributed by atoms with Gasteiger partial charge in [0.15, 0.2) is 4.34 Å². The van der Waals surface area contributed by atoms with Gasteiger partial charge in [0, 0.05) is 19.3 Å². The summed E-state index contributed by atoms with van der Waals surface area (Å²) in [4.78, 5) is 14.1. The maximum Gasteiger partial charge on any atom is 0.233 e. The fourth-order valence-corrected chi connectivity index (χ4v) is 4.12. The van der Waals surface area contributed by atoms with Gasteiger partial charge >= 0.3 is 0 Å². The van der Waals surface area contributed by atoms with Crippen molar-refractivity contribution in [2.24, 2.45) is 0 Å². The first kappa shape index (κ1) is 20.2. The maximum atomic E-state index is 12.4. The number of hydrogen-bond donors (Lipinski definition) is 1. The molecule has 0 aliphatic heterocycles. The van der Waals surface area contributed by atoms with E-state index in [2.05, 4.69) is 34.6 Å². The van der Waals surface area contributed by atoms with Gasteiger partial charge in [0.25, 0.3) is 0 Å². The van der Waals surface area contributed by atoms with E-state index in [-0.39, 0.29) is 5.91 Å². The van der Waals surface area contributed by atoms with E-state index in [9.17, 15) is 4.79 Å². The molecule has 0 aliphatic carbocycles. The predicted octanol–water partition coefficient (Wildman–Crippen LogP) is 4.35. The quantitative estimate of drug-likeness (QED) is 0.553. The third kappa shape index (κ3) is 5.71. The van der Waals surface area contributed by atoms with Gasteiger partial charge in [0.05, 0.1) is 12.9 Å². The summed E-state index contributed by atoms with van der Waals surface area (Å²) in [7, 11) is 3.45. The summed E-state index contributed by atoms with van der Waals surface area (Å²) in [5.41, 5.74) is 3.24. The zero-order valence-electron chi connectivity index (χ0n) is 16.0. The van der Waals surface area contributed by atoms with Gasteiger partial charge in [-0.25, -0.2) is 0 Å². The molecule has 2 aromatic carbocycles. The minimum atomic E-state index is 0.0606. The van der Waals surface area contributed by atoms with Crippen LogP contribution in [0.3, 0.4) is 0 Å². The summed E-state index contributed by atoms with van der Waals surface area (Å²) in [5, 5.41) is 12.2. The fraction of sp³-hybridized carbons (Fsp3) is 0.250. The largest absolute Gasteiger partial charge is 0.497 e. The lowest BCUT2D eigenvalue weighted by molar-refractivity contribution is -0.127. The van der Waals surface area contributed by atoms with Crippen molar-refractivity contribution in [2.75, 3.05) is 25.2 Å². The van der Waals surface area contributed by atoms with E-state index in [1.165, 1.54) is 28.7 Å². The lowest BCUT2D eigenvalue weighted by Crippen LogP contribution is -2.27. The van der Waals surface area contributed by atoms with Crippen LogP contribution in [0.2, 0.25) is 0 Å². The van der Waals surface area contributed by atoms with Gasteiger partial charge in [0.2, 0.25) is 11.0 Å². The predicted molar refractivity (Wildman–Crippen MR) is 115 cm³/mol. The Kier molecular flexibility index (Phi) is 6.89. The van der Waals surface area contributed by atoms with Crippen LogP contribution in [0.1, 0.15) is 11.1 Å². The molecule has 0 radical (unpaired) electrons. The smallest absolute Gasteiger partial charge is 0.233 e. The number of ether oxygens (including phenoxy) is 1. The lowest BCUT2D eigenvalue weighted by atomic mass is 10.1.